The first-order chi connectivity index (χ1) is 14.0. The Kier molecular flexibility index (Phi) is 5.86. The number of alkyl halides is 3. The lowest BCUT2D eigenvalue weighted by molar-refractivity contribution is -0.139. The van der Waals surface area contributed by atoms with Gasteiger partial charge < -0.3 is 16.6 Å². The van der Waals surface area contributed by atoms with Crippen LogP contribution in [0.5, 0.6) is 0 Å². The zero-order valence-electron chi connectivity index (χ0n) is 15.9. The third kappa shape index (κ3) is 4.03. The number of halogens is 4. The summed E-state index contributed by atoms with van der Waals surface area (Å²) in [7, 11) is 0. The molecule has 1 aliphatic rings. The van der Waals surface area contributed by atoms with E-state index in [9.17, 15) is 27.5 Å². The first-order valence-electron chi connectivity index (χ1n) is 9.14. The number of hydrogen-bond acceptors (Lipinski definition) is 5. The van der Waals surface area contributed by atoms with Crippen LogP contribution in [0.25, 0.3) is 11.3 Å². The Balaban J connectivity index is 2.00. The van der Waals surface area contributed by atoms with Crippen molar-refractivity contribution in [3.63, 3.8) is 0 Å². The predicted molar refractivity (Wildman–Crippen MR) is 102 cm³/mol. The van der Waals surface area contributed by atoms with Crippen molar-refractivity contribution in [3.8, 4) is 11.3 Å². The largest absolute Gasteiger partial charge is 0.419 e. The van der Waals surface area contributed by atoms with Crippen molar-refractivity contribution in [3.05, 3.63) is 47.8 Å². The maximum Gasteiger partial charge on any atom is 0.419 e. The molecule has 7 nitrogen and oxygen atoms in total. The molecule has 1 amide bonds. The zero-order valence-corrected chi connectivity index (χ0v) is 15.9. The van der Waals surface area contributed by atoms with Gasteiger partial charge in [-0.3, -0.25) is 9.69 Å². The van der Waals surface area contributed by atoms with Gasteiger partial charge in [-0.05, 0) is 37.1 Å². The number of nitrogens with zero attached hydrogens (tertiary/aromatic N) is 3. The summed E-state index contributed by atoms with van der Waals surface area (Å²) in [5, 5.41) is 14.1. The number of nitrogens with two attached hydrogens (primary N) is 2. The minimum atomic E-state index is -4.92. The minimum absolute atomic E-state index is 0.0712. The van der Waals surface area contributed by atoms with Crippen molar-refractivity contribution in [1.29, 1.82) is 0 Å². The number of rotatable bonds is 5. The molecular weight excluding hydrogens is 406 g/mol. The molecule has 2 heterocycles. The van der Waals surface area contributed by atoms with Gasteiger partial charge >= 0.3 is 6.18 Å². The second kappa shape index (κ2) is 8.07. The van der Waals surface area contributed by atoms with E-state index in [0.717, 1.165) is 6.07 Å². The topological polar surface area (TPSA) is 110 Å². The fourth-order valence-electron chi connectivity index (χ4n) is 3.60. The van der Waals surface area contributed by atoms with Crippen LogP contribution in [0.2, 0.25) is 0 Å². The predicted octanol–water partition coefficient (Wildman–Crippen LogP) is 2.53. The van der Waals surface area contributed by atoms with Crippen LogP contribution in [-0.4, -0.2) is 45.0 Å². The number of nitrogen functional groups attached to an aromatic ring is 1. The fourth-order valence-corrected chi connectivity index (χ4v) is 3.60. The molecule has 2 aromatic rings. The highest BCUT2D eigenvalue weighted by molar-refractivity contribution is 6.03. The van der Waals surface area contributed by atoms with E-state index >= 15 is 0 Å². The van der Waals surface area contributed by atoms with Gasteiger partial charge in [0, 0.05) is 18.7 Å². The molecule has 1 atom stereocenters. The normalized spacial score (nSPS) is 17.1. The second-order valence-corrected chi connectivity index (χ2v) is 7.03. The number of primary amides is 1. The zero-order chi connectivity index (χ0) is 22.2. The van der Waals surface area contributed by atoms with Gasteiger partial charge in [-0.1, -0.05) is 6.58 Å². The number of aromatic nitrogens is 2. The average molecular weight is 427 g/mol. The summed E-state index contributed by atoms with van der Waals surface area (Å²) in [4.78, 5) is 13.8. The van der Waals surface area contributed by atoms with E-state index in [0.29, 0.717) is 38.1 Å². The Labute approximate surface area is 169 Å². The number of piperidine rings is 1. The molecule has 0 aliphatic carbocycles. The maximum absolute atomic E-state index is 13.7. The monoisotopic (exact) mass is 427 g/mol. The number of carbonyl (C=O) groups is 1. The Morgan fingerprint density at radius 2 is 1.97 bits per heavy atom. The van der Waals surface area contributed by atoms with Gasteiger partial charge in [0.1, 0.15) is 29.1 Å². The Hall–Kier alpha value is -2.92. The van der Waals surface area contributed by atoms with Crippen LogP contribution in [0.15, 0.2) is 30.9 Å². The first kappa shape index (κ1) is 21.8. The summed E-state index contributed by atoms with van der Waals surface area (Å²) in [6.45, 7) is 4.52. The van der Waals surface area contributed by atoms with Crippen LogP contribution < -0.4 is 11.5 Å². The SMILES string of the molecule is C=CC(O)N1CCC(n2nc(-c3ccc(F)c(C(F)(F)F)c3)c(C(N)=O)c2N)CC1. The second-order valence-electron chi connectivity index (χ2n) is 7.03. The summed E-state index contributed by atoms with van der Waals surface area (Å²) in [6.07, 6.45) is -3.27. The molecule has 11 heteroatoms. The lowest BCUT2D eigenvalue weighted by Gasteiger charge is -2.34. The lowest BCUT2D eigenvalue weighted by Crippen LogP contribution is -2.41. The maximum atomic E-state index is 13.7. The number of aliphatic hydroxyl groups excluding tert-OH is 1. The van der Waals surface area contributed by atoms with E-state index in [4.69, 9.17) is 11.5 Å². The number of hydrogen-bond donors (Lipinski definition) is 3. The highest BCUT2D eigenvalue weighted by atomic mass is 19.4. The molecule has 1 aromatic heterocycles. The highest BCUT2D eigenvalue weighted by Crippen LogP contribution is 2.37. The van der Waals surface area contributed by atoms with Crippen molar-refractivity contribution in [1.82, 2.24) is 14.7 Å². The lowest BCUT2D eigenvalue weighted by atomic mass is 10.0. The molecule has 162 valence electrons. The van der Waals surface area contributed by atoms with Crippen molar-refractivity contribution in [2.45, 2.75) is 31.3 Å². The van der Waals surface area contributed by atoms with E-state index < -0.39 is 29.7 Å². The summed E-state index contributed by atoms with van der Waals surface area (Å²) >= 11 is 0. The third-order valence-electron chi connectivity index (χ3n) is 5.17. The standard InChI is InChI=1S/C19H21F4N5O2/c1-2-14(29)27-7-5-11(6-8-27)28-17(24)15(18(25)30)16(26-28)10-3-4-13(20)12(9-10)19(21,22)23/h2-4,9,11,14,29H,1,5-8,24H2,(H2,25,30). The average Bonchev–Trinajstić information content (AvgIpc) is 3.04. The number of anilines is 1. The summed E-state index contributed by atoms with van der Waals surface area (Å²) < 4.78 is 54.3. The van der Waals surface area contributed by atoms with Crippen LogP contribution in [0.4, 0.5) is 23.4 Å². The Morgan fingerprint density at radius 3 is 2.50 bits per heavy atom. The quantitative estimate of drug-likeness (QED) is 0.502. The van der Waals surface area contributed by atoms with Gasteiger partial charge in [-0.2, -0.15) is 18.3 Å². The molecule has 30 heavy (non-hydrogen) atoms. The summed E-state index contributed by atoms with van der Waals surface area (Å²) in [5.41, 5.74) is 9.52. The number of aliphatic hydroxyl groups is 1. The van der Waals surface area contributed by atoms with Gasteiger partial charge in [-0.25, -0.2) is 9.07 Å². The molecule has 1 aliphatic heterocycles. The van der Waals surface area contributed by atoms with E-state index in [-0.39, 0.29) is 28.7 Å². The van der Waals surface area contributed by atoms with Gasteiger partial charge in [0.05, 0.1) is 11.6 Å². The van der Waals surface area contributed by atoms with Crippen LogP contribution in [0.1, 0.15) is 34.8 Å². The minimum Gasteiger partial charge on any atom is -0.383 e. The Morgan fingerprint density at radius 1 is 1.33 bits per heavy atom. The van der Waals surface area contributed by atoms with E-state index in [1.54, 1.807) is 4.90 Å². The fraction of sp³-hybridized carbons (Fsp3) is 0.368. The number of likely N-dealkylation sites (tertiary alicyclic amines) is 1. The number of carbonyl (C=O) groups excluding carboxylic acids is 1. The van der Waals surface area contributed by atoms with Gasteiger partial charge in [0.15, 0.2) is 0 Å². The van der Waals surface area contributed by atoms with Gasteiger partial charge in [0.25, 0.3) is 5.91 Å². The molecule has 5 N–H and O–H groups in total. The molecule has 0 spiro atoms. The smallest absolute Gasteiger partial charge is 0.383 e. The highest BCUT2D eigenvalue weighted by Gasteiger charge is 2.35. The molecule has 1 aromatic carbocycles. The third-order valence-corrected chi connectivity index (χ3v) is 5.17. The molecule has 3 rings (SSSR count). The van der Waals surface area contributed by atoms with E-state index in [1.165, 1.54) is 10.8 Å². The molecule has 0 bridgehead atoms. The van der Waals surface area contributed by atoms with Crippen LogP contribution in [0.3, 0.4) is 0 Å². The summed E-state index contributed by atoms with van der Waals surface area (Å²) in [5.74, 6) is -2.46. The number of benzene rings is 1. The van der Waals surface area contributed by atoms with Gasteiger partial charge in [-0.15, -0.1) is 0 Å². The summed E-state index contributed by atoms with van der Waals surface area (Å²) in [6, 6.07) is 2.07. The molecule has 1 saturated heterocycles. The van der Waals surface area contributed by atoms with Crippen molar-refractivity contribution < 1.29 is 27.5 Å². The van der Waals surface area contributed by atoms with Crippen molar-refractivity contribution in [2.75, 3.05) is 18.8 Å². The van der Waals surface area contributed by atoms with Crippen LogP contribution >= 0.6 is 0 Å². The molecule has 1 fully saturated rings. The van der Waals surface area contributed by atoms with Gasteiger partial charge in [0.2, 0.25) is 0 Å². The first-order valence-corrected chi connectivity index (χ1v) is 9.14. The molecular formula is C19H21F4N5O2. The molecule has 0 saturated carbocycles. The van der Waals surface area contributed by atoms with E-state index in [2.05, 4.69) is 11.7 Å². The van der Waals surface area contributed by atoms with E-state index in [1.807, 2.05) is 0 Å². The molecule has 0 radical (unpaired) electrons. The van der Waals surface area contributed by atoms with Crippen LogP contribution in [0, 0.1) is 5.82 Å². The van der Waals surface area contributed by atoms with Crippen molar-refractivity contribution >= 4 is 11.7 Å². The van der Waals surface area contributed by atoms with Crippen molar-refractivity contribution in [2.24, 2.45) is 5.73 Å². The Bertz CT molecular complexity index is 965. The molecule has 1 unspecified atom stereocenters. The van der Waals surface area contributed by atoms with Crippen LogP contribution in [-0.2, 0) is 6.18 Å². The number of amides is 1.